The molecule has 1 aliphatic carbocycles. The van der Waals surface area contributed by atoms with E-state index in [9.17, 15) is 23.3 Å². The van der Waals surface area contributed by atoms with Gasteiger partial charge in [0.2, 0.25) is 0 Å². The highest BCUT2D eigenvalue weighted by molar-refractivity contribution is 7.91. The quantitative estimate of drug-likeness (QED) is 0.441. The van der Waals surface area contributed by atoms with Gasteiger partial charge in [-0.25, -0.2) is 17.9 Å². The average molecular weight is 537 g/mol. The molecule has 35 heavy (non-hydrogen) atoms. The molecule has 2 aromatic heterocycles. The Balaban J connectivity index is 1.35. The van der Waals surface area contributed by atoms with Crippen LogP contribution in [0.3, 0.4) is 0 Å². The normalized spacial score (nSPS) is 21.0. The van der Waals surface area contributed by atoms with Crippen molar-refractivity contribution in [1.82, 2.24) is 9.78 Å². The third kappa shape index (κ3) is 5.60. The highest BCUT2D eigenvalue weighted by atomic mass is 35.5. The zero-order chi connectivity index (χ0) is 25.3. The number of nitriles is 1. The molecule has 0 saturated carbocycles. The van der Waals surface area contributed by atoms with Gasteiger partial charge in [-0.05, 0) is 50.2 Å². The van der Waals surface area contributed by atoms with Crippen LogP contribution < -0.4 is 5.32 Å². The van der Waals surface area contributed by atoms with Crippen LogP contribution in [-0.2, 0) is 37.0 Å². The number of ether oxygens (including phenoxy) is 1. The number of rotatable bonds is 6. The van der Waals surface area contributed by atoms with Gasteiger partial charge < -0.3 is 10.1 Å². The summed E-state index contributed by atoms with van der Waals surface area (Å²) in [6.45, 7) is 3.37. The third-order valence-corrected chi connectivity index (χ3v) is 9.53. The van der Waals surface area contributed by atoms with Gasteiger partial charge in [0, 0.05) is 16.5 Å². The molecule has 0 spiro atoms. The lowest BCUT2D eigenvalue weighted by atomic mass is 9.89. The van der Waals surface area contributed by atoms with Crippen LogP contribution in [0.4, 0.5) is 5.00 Å². The molecule has 9 nitrogen and oxygen atoms in total. The largest absolute Gasteiger partial charge is 0.452 e. The Kier molecular flexibility index (Phi) is 7.35. The van der Waals surface area contributed by atoms with Crippen LogP contribution in [0.2, 0.25) is 5.15 Å². The van der Waals surface area contributed by atoms with Gasteiger partial charge in [-0.15, -0.1) is 11.3 Å². The predicted molar refractivity (Wildman–Crippen MR) is 133 cm³/mol. The van der Waals surface area contributed by atoms with Gasteiger partial charge in [-0.1, -0.05) is 18.5 Å². The molecule has 3 heterocycles. The van der Waals surface area contributed by atoms with Crippen LogP contribution in [-0.4, -0.2) is 48.2 Å². The van der Waals surface area contributed by atoms with Crippen LogP contribution in [0.25, 0.3) is 6.08 Å². The molecule has 2 atom stereocenters. The smallest absolute Gasteiger partial charge is 0.331 e. The number of aromatic nitrogens is 2. The Hall–Kier alpha value is -2.68. The number of aryl methyl sites for hydroxylation is 1. The van der Waals surface area contributed by atoms with E-state index in [1.54, 1.807) is 6.92 Å². The maximum atomic E-state index is 12.3. The summed E-state index contributed by atoms with van der Waals surface area (Å²) in [6, 6.07) is 1.85. The maximum absolute atomic E-state index is 12.3. The Bertz CT molecular complexity index is 1350. The monoisotopic (exact) mass is 536 g/mol. The second-order valence-corrected chi connectivity index (χ2v) is 12.6. The van der Waals surface area contributed by atoms with Crippen molar-refractivity contribution in [3.05, 3.63) is 38.5 Å². The highest BCUT2D eigenvalue weighted by Gasteiger charge is 2.32. The molecule has 2 unspecified atom stereocenters. The lowest BCUT2D eigenvalue weighted by Crippen LogP contribution is -2.20. The molecular formula is C23H25ClN4O5S2. The van der Waals surface area contributed by atoms with E-state index in [0.717, 1.165) is 35.8 Å². The molecule has 0 aromatic carbocycles. The Labute approximate surface area is 212 Å². The zero-order valence-electron chi connectivity index (χ0n) is 19.3. The number of fused-ring (bicyclic) bond motifs is 1. The van der Waals surface area contributed by atoms with E-state index in [1.165, 1.54) is 22.1 Å². The molecule has 1 saturated heterocycles. The number of halogens is 1. The molecule has 0 bridgehead atoms. The fraction of sp³-hybridized carbons (Fsp3) is 0.478. The summed E-state index contributed by atoms with van der Waals surface area (Å²) in [7, 11) is -3.10. The van der Waals surface area contributed by atoms with E-state index in [4.69, 9.17) is 16.3 Å². The Morgan fingerprint density at radius 1 is 1.40 bits per heavy atom. The van der Waals surface area contributed by atoms with Gasteiger partial charge in [0.25, 0.3) is 5.91 Å². The number of amides is 1. The number of carbonyl (C=O) groups is 2. The Morgan fingerprint density at radius 3 is 2.86 bits per heavy atom. The third-order valence-electron chi connectivity index (χ3n) is 6.23. The van der Waals surface area contributed by atoms with E-state index >= 15 is 0 Å². The number of nitrogens with one attached hydrogen (secondary N) is 1. The van der Waals surface area contributed by atoms with Crippen LogP contribution in [0.15, 0.2) is 6.08 Å². The summed E-state index contributed by atoms with van der Waals surface area (Å²) >= 11 is 7.80. The molecule has 1 amide bonds. The zero-order valence-corrected chi connectivity index (χ0v) is 21.7. The number of hydrogen-bond acceptors (Lipinski definition) is 8. The molecule has 1 N–H and O–H groups in total. The van der Waals surface area contributed by atoms with E-state index in [2.05, 4.69) is 23.4 Å². The predicted octanol–water partition coefficient (Wildman–Crippen LogP) is 3.46. The second kappa shape index (κ2) is 10.1. The molecule has 12 heteroatoms. The summed E-state index contributed by atoms with van der Waals surface area (Å²) in [5.41, 5.74) is 2.53. The van der Waals surface area contributed by atoms with Crippen molar-refractivity contribution in [2.75, 3.05) is 23.4 Å². The van der Waals surface area contributed by atoms with E-state index < -0.39 is 28.3 Å². The molecular weight excluding hydrogens is 512 g/mol. The first-order valence-electron chi connectivity index (χ1n) is 11.2. The topological polar surface area (TPSA) is 131 Å². The molecule has 1 fully saturated rings. The summed E-state index contributed by atoms with van der Waals surface area (Å²) in [4.78, 5) is 25.6. The van der Waals surface area contributed by atoms with Crippen molar-refractivity contribution in [2.45, 2.75) is 45.6 Å². The number of nitrogens with zero attached hydrogens (tertiary/aromatic N) is 3. The number of sulfone groups is 1. The van der Waals surface area contributed by atoms with Crippen molar-refractivity contribution in [3.8, 4) is 6.07 Å². The van der Waals surface area contributed by atoms with E-state index in [0.29, 0.717) is 34.2 Å². The molecule has 2 aromatic rings. The summed E-state index contributed by atoms with van der Waals surface area (Å²) in [5.74, 6) is -0.658. The van der Waals surface area contributed by atoms with Crippen LogP contribution in [0.1, 0.15) is 53.1 Å². The summed E-state index contributed by atoms with van der Waals surface area (Å²) < 4.78 is 30.1. The van der Waals surface area contributed by atoms with Gasteiger partial charge in [0.15, 0.2) is 16.4 Å². The lowest BCUT2D eigenvalue weighted by molar-refractivity contribution is -0.142. The first-order valence-corrected chi connectivity index (χ1v) is 14.2. The van der Waals surface area contributed by atoms with Gasteiger partial charge in [-0.2, -0.15) is 10.4 Å². The number of thiophene rings is 1. The molecule has 0 radical (unpaired) electrons. The maximum Gasteiger partial charge on any atom is 0.331 e. The van der Waals surface area contributed by atoms with Crippen molar-refractivity contribution >= 4 is 55.7 Å². The van der Waals surface area contributed by atoms with Crippen molar-refractivity contribution < 1.29 is 22.7 Å². The summed E-state index contributed by atoms with van der Waals surface area (Å²) in [6.07, 6.45) is 5.74. The number of anilines is 1. The SMILES string of the molecule is Cc1nn(C2CCS(=O)(=O)C2)c(Cl)c1C=CC(=O)OCC(=O)Nc1sc2c(c1C#N)CCC(C)C2. The number of carbonyl (C=O) groups excluding carboxylic acids is 2. The molecule has 1 aliphatic heterocycles. The minimum absolute atomic E-state index is 0.0199. The van der Waals surface area contributed by atoms with Crippen molar-refractivity contribution in [1.29, 1.82) is 5.26 Å². The molecule has 4 rings (SSSR count). The van der Waals surface area contributed by atoms with Crippen molar-refractivity contribution in [2.24, 2.45) is 5.92 Å². The first-order chi connectivity index (χ1) is 16.6. The van der Waals surface area contributed by atoms with Crippen LogP contribution in [0.5, 0.6) is 0 Å². The minimum Gasteiger partial charge on any atom is -0.452 e. The number of hydrogen-bond donors (Lipinski definition) is 1. The van der Waals surface area contributed by atoms with E-state index in [1.807, 2.05) is 0 Å². The van der Waals surface area contributed by atoms with Crippen LogP contribution >= 0.6 is 22.9 Å². The van der Waals surface area contributed by atoms with Gasteiger partial charge in [0.05, 0.1) is 28.8 Å². The van der Waals surface area contributed by atoms with Crippen LogP contribution in [0, 0.1) is 24.2 Å². The van der Waals surface area contributed by atoms with Gasteiger partial charge in [-0.3, -0.25) is 4.79 Å². The summed E-state index contributed by atoms with van der Waals surface area (Å²) in [5, 5.41) is 17.3. The first kappa shape index (κ1) is 25.4. The highest BCUT2D eigenvalue weighted by Crippen LogP contribution is 2.39. The number of esters is 1. The Morgan fingerprint density at radius 2 is 2.17 bits per heavy atom. The minimum atomic E-state index is -3.10. The van der Waals surface area contributed by atoms with Gasteiger partial charge in [0.1, 0.15) is 16.2 Å². The molecule has 2 aliphatic rings. The molecule has 186 valence electrons. The lowest BCUT2D eigenvalue weighted by Gasteiger charge is -2.17. The van der Waals surface area contributed by atoms with E-state index in [-0.39, 0.29) is 22.7 Å². The van der Waals surface area contributed by atoms with Crippen molar-refractivity contribution in [3.63, 3.8) is 0 Å². The second-order valence-electron chi connectivity index (χ2n) is 8.95. The standard InChI is InChI=1S/C23H25ClN4O5S2/c1-13-3-4-17-18(10-25)23(34-19(17)9-13)26-20(29)11-33-21(30)6-5-16-14(2)27-28(22(16)24)15-7-8-35(31,32)12-15/h5-6,13,15H,3-4,7-9,11-12H2,1-2H3,(H,26,29). The fourth-order valence-corrected chi connectivity index (χ4v) is 7.83. The fourth-order valence-electron chi connectivity index (χ4n) is 4.39. The average Bonchev–Trinajstić information content (AvgIpc) is 3.42. The van der Waals surface area contributed by atoms with Gasteiger partial charge >= 0.3 is 5.97 Å².